The summed E-state index contributed by atoms with van der Waals surface area (Å²) in [5.41, 5.74) is 10.9. The van der Waals surface area contributed by atoms with Crippen LogP contribution in [-0.4, -0.2) is 0 Å². The van der Waals surface area contributed by atoms with Crippen LogP contribution in [0.5, 0.6) is 11.5 Å². The van der Waals surface area contributed by atoms with Crippen molar-refractivity contribution in [1.29, 1.82) is 0 Å². The molecule has 0 fully saturated rings. The van der Waals surface area contributed by atoms with E-state index in [4.69, 9.17) is 10.6 Å². The van der Waals surface area contributed by atoms with Crippen LogP contribution in [0.1, 0.15) is 22.3 Å². The highest BCUT2D eigenvalue weighted by Gasteiger charge is 2.45. The highest BCUT2D eigenvalue weighted by atomic mass is 16.5. The molecule has 9 rings (SSSR count). The smallest absolute Gasteiger partial charge is 0.132 e. The van der Waals surface area contributed by atoms with E-state index >= 15 is 0 Å². The van der Waals surface area contributed by atoms with Gasteiger partial charge in [0.05, 0.1) is 22.5 Å². The molecule has 53 heavy (non-hydrogen) atoms. The van der Waals surface area contributed by atoms with Gasteiger partial charge in [-0.2, -0.15) is 0 Å². The van der Waals surface area contributed by atoms with E-state index in [1.807, 2.05) is 18.2 Å². The molecular formula is C49H37N3O. The largest absolute Gasteiger partial charge is 0.457 e. The molecule has 254 valence electrons. The van der Waals surface area contributed by atoms with E-state index in [0.717, 1.165) is 73.3 Å². The Hall–Kier alpha value is -6.88. The van der Waals surface area contributed by atoms with Crippen LogP contribution in [0.2, 0.25) is 0 Å². The molecule has 4 nitrogen and oxygen atoms in total. The minimum Gasteiger partial charge on any atom is -0.457 e. The van der Waals surface area contributed by atoms with Gasteiger partial charge in [0.15, 0.2) is 0 Å². The summed E-state index contributed by atoms with van der Waals surface area (Å²) in [6.45, 7) is 0. The van der Waals surface area contributed by atoms with Crippen LogP contribution in [0.15, 0.2) is 212 Å². The van der Waals surface area contributed by atoms with Gasteiger partial charge >= 0.3 is 0 Å². The van der Waals surface area contributed by atoms with E-state index in [-0.39, 0.29) is 0 Å². The molecule has 0 aromatic heterocycles. The van der Waals surface area contributed by atoms with Gasteiger partial charge in [-0.05, 0) is 77.4 Å². The van der Waals surface area contributed by atoms with Crippen molar-refractivity contribution in [2.45, 2.75) is 5.41 Å². The zero-order chi connectivity index (χ0) is 35.6. The molecule has 0 saturated carbocycles. The van der Waals surface area contributed by atoms with E-state index in [2.05, 4.69) is 199 Å². The summed E-state index contributed by atoms with van der Waals surface area (Å²) in [6, 6.07) is 74.0. The summed E-state index contributed by atoms with van der Waals surface area (Å²) in [7, 11) is 0. The highest BCUT2D eigenvalue weighted by molar-refractivity contribution is 5.89. The monoisotopic (exact) mass is 683 g/mol. The minimum atomic E-state index is -0.642. The Kier molecular flexibility index (Phi) is 8.28. The maximum atomic E-state index is 7.14. The first-order chi connectivity index (χ1) is 26.2. The number of hydrogen-bond donors (Lipinski definition) is 1. The summed E-state index contributed by atoms with van der Waals surface area (Å²) >= 11 is 0. The molecule has 8 aromatic rings. The van der Waals surface area contributed by atoms with Crippen molar-refractivity contribution in [3.63, 3.8) is 0 Å². The molecule has 0 spiro atoms. The number of fused-ring (bicyclic) bond motifs is 2. The third-order valence-electron chi connectivity index (χ3n) is 10.2. The van der Waals surface area contributed by atoms with Crippen LogP contribution in [0.4, 0.5) is 28.4 Å². The van der Waals surface area contributed by atoms with Crippen molar-refractivity contribution in [2.24, 2.45) is 5.84 Å². The lowest BCUT2D eigenvalue weighted by Crippen LogP contribution is -2.34. The zero-order valence-electron chi connectivity index (χ0n) is 29.1. The predicted molar refractivity (Wildman–Crippen MR) is 218 cm³/mol. The molecule has 0 atom stereocenters. The van der Waals surface area contributed by atoms with Crippen LogP contribution in [-0.2, 0) is 5.41 Å². The van der Waals surface area contributed by atoms with Gasteiger partial charge in [-0.1, -0.05) is 152 Å². The van der Waals surface area contributed by atoms with E-state index < -0.39 is 5.41 Å². The number of nitrogens with zero attached hydrogens (tertiary/aromatic N) is 2. The van der Waals surface area contributed by atoms with E-state index in [1.165, 1.54) is 0 Å². The molecule has 0 saturated heterocycles. The van der Waals surface area contributed by atoms with Gasteiger partial charge < -0.3 is 9.64 Å². The molecule has 1 heterocycles. The average Bonchev–Trinajstić information content (AvgIpc) is 3.24. The number of hydrazine groups is 1. The quantitative estimate of drug-likeness (QED) is 0.128. The average molecular weight is 684 g/mol. The summed E-state index contributed by atoms with van der Waals surface area (Å²) in [5, 5.41) is 1.79. The maximum absolute atomic E-state index is 7.14. The first kappa shape index (κ1) is 32.1. The van der Waals surface area contributed by atoms with E-state index in [9.17, 15) is 0 Å². The van der Waals surface area contributed by atoms with Crippen LogP contribution in [0.25, 0.3) is 11.1 Å². The normalized spacial score (nSPS) is 12.5. The van der Waals surface area contributed by atoms with Crippen molar-refractivity contribution < 1.29 is 4.74 Å². The second-order valence-corrected chi connectivity index (χ2v) is 13.2. The molecule has 0 aliphatic carbocycles. The third-order valence-corrected chi connectivity index (χ3v) is 10.2. The number of rotatable bonds is 8. The summed E-state index contributed by atoms with van der Waals surface area (Å²) in [4.78, 5) is 2.30. The fourth-order valence-corrected chi connectivity index (χ4v) is 7.83. The molecule has 1 aliphatic heterocycles. The first-order valence-electron chi connectivity index (χ1n) is 17.9. The lowest BCUT2D eigenvalue weighted by molar-refractivity contribution is 0.434. The number of para-hydroxylation sites is 4. The Labute approximate surface area is 310 Å². The lowest BCUT2D eigenvalue weighted by atomic mass is 9.63. The van der Waals surface area contributed by atoms with Gasteiger partial charge in [-0.25, -0.2) is 5.84 Å². The number of benzene rings is 8. The summed E-state index contributed by atoms with van der Waals surface area (Å²) in [6.07, 6.45) is 0. The fourth-order valence-electron chi connectivity index (χ4n) is 7.83. The van der Waals surface area contributed by atoms with Crippen LogP contribution < -0.4 is 20.5 Å². The SMILES string of the molecule is NN(c1cccc(N(c2ccccc2)c2ccccc2-c2ccccc2)c1)c1cccc(C2(c3ccccc3)c3ccccc3Oc3ccccc32)c1. The minimum absolute atomic E-state index is 0.642. The van der Waals surface area contributed by atoms with Crippen molar-refractivity contribution >= 4 is 28.4 Å². The molecule has 0 unspecified atom stereocenters. The van der Waals surface area contributed by atoms with Crippen LogP contribution in [0.3, 0.4) is 0 Å². The topological polar surface area (TPSA) is 41.7 Å². The second kappa shape index (κ2) is 13.7. The fraction of sp³-hybridized carbons (Fsp3) is 0.0204. The lowest BCUT2D eigenvalue weighted by Gasteiger charge is -2.41. The number of ether oxygens (including phenoxy) is 1. The zero-order valence-corrected chi connectivity index (χ0v) is 29.1. The van der Waals surface area contributed by atoms with E-state index in [0.29, 0.717) is 0 Å². The van der Waals surface area contributed by atoms with Gasteiger partial charge in [-0.3, -0.25) is 5.01 Å². The molecule has 0 bridgehead atoms. The summed E-state index contributed by atoms with van der Waals surface area (Å²) in [5.74, 6) is 8.83. The Balaban J connectivity index is 1.18. The molecule has 0 radical (unpaired) electrons. The second-order valence-electron chi connectivity index (χ2n) is 13.2. The third kappa shape index (κ3) is 5.63. The molecule has 2 N–H and O–H groups in total. The van der Waals surface area contributed by atoms with Gasteiger partial charge in [0.1, 0.15) is 11.5 Å². The van der Waals surface area contributed by atoms with Gasteiger partial charge in [0.2, 0.25) is 0 Å². The molecule has 8 aromatic carbocycles. The maximum Gasteiger partial charge on any atom is 0.132 e. The molecule has 0 amide bonds. The molecular weight excluding hydrogens is 647 g/mol. The van der Waals surface area contributed by atoms with Crippen LogP contribution >= 0.6 is 0 Å². The van der Waals surface area contributed by atoms with Gasteiger partial charge in [0, 0.05) is 28.1 Å². The summed E-state index contributed by atoms with van der Waals surface area (Å²) < 4.78 is 6.53. The number of nitrogens with two attached hydrogens (primary N) is 1. The molecule has 4 heteroatoms. The van der Waals surface area contributed by atoms with Gasteiger partial charge in [-0.15, -0.1) is 0 Å². The van der Waals surface area contributed by atoms with Crippen molar-refractivity contribution in [3.05, 3.63) is 235 Å². The van der Waals surface area contributed by atoms with Crippen molar-refractivity contribution in [3.8, 4) is 22.6 Å². The van der Waals surface area contributed by atoms with Gasteiger partial charge in [0.25, 0.3) is 0 Å². The first-order valence-corrected chi connectivity index (χ1v) is 17.9. The van der Waals surface area contributed by atoms with Crippen molar-refractivity contribution in [1.82, 2.24) is 0 Å². The van der Waals surface area contributed by atoms with Crippen molar-refractivity contribution in [2.75, 3.05) is 9.91 Å². The standard InChI is InChI=1S/C49H37N3O/c50-52(42-27-17-25-40(35-42)51(39-23-8-3-9-24-39)46-31-13-10-28-43(46)36-18-4-1-5-19-36)41-26-16-22-38(34-41)49(37-20-6-2-7-21-37)44-29-11-14-32-47(44)53-48-33-15-12-30-45(48)49/h1-35H,50H2. The Morgan fingerprint density at radius 3 is 1.58 bits per heavy atom. The number of hydrogen-bond acceptors (Lipinski definition) is 4. The highest BCUT2D eigenvalue weighted by Crippen LogP contribution is 2.55. The molecule has 1 aliphatic rings. The Morgan fingerprint density at radius 1 is 0.396 bits per heavy atom. The predicted octanol–water partition coefficient (Wildman–Crippen LogP) is 12.3. The van der Waals surface area contributed by atoms with E-state index in [1.54, 1.807) is 5.01 Å². The number of anilines is 5. The Morgan fingerprint density at radius 2 is 0.887 bits per heavy atom. The van der Waals surface area contributed by atoms with Crippen LogP contribution in [0, 0.1) is 0 Å². The Bertz CT molecular complexity index is 2470.